The van der Waals surface area contributed by atoms with Gasteiger partial charge in [0, 0.05) is 16.1 Å². The van der Waals surface area contributed by atoms with E-state index in [2.05, 4.69) is 21.2 Å². The largest absolute Gasteiger partial charge is 0.481 e. The number of amides is 1. The average molecular weight is 326 g/mol. The fourth-order valence-corrected chi connectivity index (χ4v) is 2.49. The summed E-state index contributed by atoms with van der Waals surface area (Å²) in [6.07, 6.45) is 1.98. The van der Waals surface area contributed by atoms with Crippen LogP contribution in [0, 0.1) is 12.8 Å². The van der Waals surface area contributed by atoms with Gasteiger partial charge in [-0.1, -0.05) is 22.0 Å². The van der Waals surface area contributed by atoms with Crippen LogP contribution >= 0.6 is 15.9 Å². The van der Waals surface area contributed by atoms with Crippen LogP contribution in [0.15, 0.2) is 22.7 Å². The molecule has 2 N–H and O–H groups in total. The molecule has 1 atom stereocenters. The molecule has 1 saturated carbocycles. The van der Waals surface area contributed by atoms with Crippen molar-refractivity contribution in [3.63, 3.8) is 0 Å². The van der Waals surface area contributed by atoms with Gasteiger partial charge in [0.1, 0.15) is 0 Å². The molecule has 5 heteroatoms. The molecule has 0 heterocycles. The van der Waals surface area contributed by atoms with Gasteiger partial charge >= 0.3 is 5.97 Å². The molecule has 102 valence electrons. The average Bonchev–Trinajstić information content (AvgIpc) is 3.15. The van der Waals surface area contributed by atoms with E-state index in [1.54, 1.807) is 12.1 Å². The summed E-state index contributed by atoms with van der Waals surface area (Å²) < 4.78 is 0.876. The number of carboxylic acid groups (broad SMARTS) is 1. The van der Waals surface area contributed by atoms with Gasteiger partial charge in [0.2, 0.25) is 0 Å². The summed E-state index contributed by atoms with van der Waals surface area (Å²) in [5.74, 6) is -0.757. The molecule has 0 radical (unpaired) electrons. The van der Waals surface area contributed by atoms with Crippen LogP contribution in [0.4, 0.5) is 0 Å². The number of benzene rings is 1. The van der Waals surface area contributed by atoms with E-state index in [1.165, 1.54) is 0 Å². The molecule has 1 aliphatic carbocycles. The lowest BCUT2D eigenvalue weighted by Crippen LogP contribution is -2.38. The molecule has 0 aromatic heterocycles. The maximum atomic E-state index is 12.2. The van der Waals surface area contributed by atoms with Crippen molar-refractivity contribution >= 4 is 27.8 Å². The number of nitrogens with one attached hydrogen (secondary N) is 1. The van der Waals surface area contributed by atoms with Crippen molar-refractivity contribution in [3.8, 4) is 0 Å². The molecule has 0 aliphatic heterocycles. The predicted molar refractivity (Wildman–Crippen MR) is 75.1 cm³/mol. The smallest absolute Gasteiger partial charge is 0.305 e. The van der Waals surface area contributed by atoms with E-state index < -0.39 is 5.97 Å². The van der Waals surface area contributed by atoms with E-state index in [4.69, 9.17) is 5.11 Å². The Bertz CT molecular complexity index is 511. The molecule has 0 spiro atoms. The lowest BCUT2D eigenvalue weighted by atomic mass is 10.1. The van der Waals surface area contributed by atoms with Crippen LogP contribution in [-0.4, -0.2) is 23.0 Å². The fraction of sp³-hybridized carbons (Fsp3) is 0.429. The van der Waals surface area contributed by atoms with Crippen LogP contribution in [0.5, 0.6) is 0 Å². The van der Waals surface area contributed by atoms with Crippen molar-refractivity contribution in [2.24, 2.45) is 5.92 Å². The maximum absolute atomic E-state index is 12.2. The maximum Gasteiger partial charge on any atom is 0.305 e. The third kappa shape index (κ3) is 3.56. The highest BCUT2D eigenvalue weighted by atomic mass is 79.9. The predicted octanol–water partition coefficient (Wildman–Crippen LogP) is 2.74. The van der Waals surface area contributed by atoms with Crippen LogP contribution in [0.2, 0.25) is 0 Å². The first kappa shape index (κ1) is 14.1. The van der Waals surface area contributed by atoms with Crippen molar-refractivity contribution in [1.29, 1.82) is 0 Å². The third-order valence-electron chi connectivity index (χ3n) is 3.41. The Morgan fingerprint density at radius 3 is 2.74 bits per heavy atom. The first-order chi connectivity index (χ1) is 8.99. The number of halogens is 1. The van der Waals surface area contributed by atoms with Crippen molar-refractivity contribution in [1.82, 2.24) is 5.32 Å². The second kappa shape index (κ2) is 5.74. The normalized spacial score (nSPS) is 15.9. The van der Waals surface area contributed by atoms with E-state index >= 15 is 0 Å². The number of carboxylic acids is 1. The molecule has 1 amide bonds. The Kier molecular flexibility index (Phi) is 4.24. The van der Waals surface area contributed by atoms with Crippen LogP contribution in [0.1, 0.15) is 35.2 Å². The molecule has 0 bridgehead atoms. The van der Waals surface area contributed by atoms with Gasteiger partial charge in [-0.15, -0.1) is 0 Å². The van der Waals surface area contributed by atoms with Crippen molar-refractivity contribution in [2.45, 2.75) is 32.2 Å². The van der Waals surface area contributed by atoms with E-state index in [-0.39, 0.29) is 18.4 Å². The molecule has 1 aliphatic rings. The van der Waals surface area contributed by atoms with Crippen molar-refractivity contribution < 1.29 is 14.7 Å². The zero-order chi connectivity index (χ0) is 14.0. The fourth-order valence-electron chi connectivity index (χ4n) is 2.12. The Labute approximate surface area is 120 Å². The summed E-state index contributed by atoms with van der Waals surface area (Å²) in [5.41, 5.74) is 1.45. The topological polar surface area (TPSA) is 66.4 Å². The molecule has 1 aromatic rings. The zero-order valence-electron chi connectivity index (χ0n) is 10.6. The van der Waals surface area contributed by atoms with Gasteiger partial charge in [-0.05, 0) is 43.4 Å². The monoisotopic (exact) mass is 325 g/mol. The Morgan fingerprint density at radius 2 is 2.16 bits per heavy atom. The Balaban J connectivity index is 2.10. The zero-order valence-corrected chi connectivity index (χ0v) is 12.2. The lowest BCUT2D eigenvalue weighted by molar-refractivity contribution is -0.137. The number of aliphatic carboxylic acids is 1. The molecular weight excluding hydrogens is 310 g/mol. The highest BCUT2D eigenvalue weighted by molar-refractivity contribution is 9.10. The summed E-state index contributed by atoms with van der Waals surface area (Å²) >= 11 is 3.39. The van der Waals surface area contributed by atoms with Crippen LogP contribution in [0.3, 0.4) is 0 Å². The molecule has 1 aromatic carbocycles. The van der Waals surface area contributed by atoms with Gasteiger partial charge in [-0.25, -0.2) is 0 Å². The number of carbonyl (C=O) groups is 2. The summed E-state index contributed by atoms with van der Waals surface area (Å²) in [6.45, 7) is 1.86. The van der Waals surface area contributed by atoms with Crippen LogP contribution in [0.25, 0.3) is 0 Å². The van der Waals surface area contributed by atoms with Gasteiger partial charge in [-0.3, -0.25) is 9.59 Å². The summed E-state index contributed by atoms with van der Waals surface area (Å²) in [7, 11) is 0. The van der Waals surface area contributed by atoms with Crippen molar-refractivity contribution in [2.75, 3.05) is 0 Å². The summed E-state index contributed by atoms with van der Waals surface area (Å²) in [5, 5.41) is 11.7. The van der Waals surface area contributed by atoms with Crippen LogP contribution < -0.4 is 5.32 Å². The second-order valence-electron chi connectivity index (χ2n) is 4.93. The standard InChI is InChI=1S/C14H16BrNO3/c1-8-10(3-2-4-11(8)15)14(19)16-12(7-13(17)18)9-5-6-9/h2-4,9,12H,5-7H2,1H3,(H,16,19)(H,17,18). The summed E-state index contributed by atoms with van der Waals surface area (Å²) in [4.78, 5) is 23.0. The first-order valence-electron chi connectivity index (χ1n) is 6.27. The molecule has 4 nitrogen and oxygen atoms in total. The minimum atomic E-state index is -0.872. The number of carbonyl (C=O) groups excluding carboxylic acids is 1. The molecule has 2 rings (SSSR count). The molecule has 19 heavy (non-hydrogen) atoms. The van der Waals surface area contributed by atoms with E-state index in [1.807, 2.05) is 13.0 Å². The van der Waals surface area contributed by atoms with Gasteiger partial charge in [0.05, 0.1) is 6.42 Å². The highest BCUT2D eigenvalue weighted by Crippen LogP contribution is 2.34. The Hall–Kier alpha value is -1.36. The van der Waals surface area contributed by atoms with Crippen LogP contribution in [-0.2, 0) is 4.79 Å². The van der Waals surface area contributed by atoms with E-state index in [0.29, 0.717) is 11.5 Å². The highest BCUT2D eigenvalue weighted by Gasteiger charge is 2.34. The van der Waals surface area contributed by atoms with E-state index in [0.717, 1.165) is 22.9 Å². The molecule has 0 saturated heterocycles. The van der Waals surface area contributed by atoms with Gasteiger partial charge in [-0.2, -0.15) is 0 Å². The van der Waals surface area contributed by atoms with Gasteiger partial charge < -0.3 is 10.4 Å². The lowest BCUT2D eigenvalue weighted by Gasteiger charge is -2.17. The number of hydrogen-bond acceptors (Lipinski definition) is 2. The minimum absolute atomic E-state index is 0.0105. The second-order valence-corrected chi connectivity index (χ2v) is 5.78. The first-order valence-corrected chi connectivity index (χ1v) is 7.06. The SMILES string of the molecule is Cc1c(Br)cccc1C(=O)NC(CC(=O)O)C1CC1. The molecule has 1 fully saturated rings. The molecule has 1 unspecified atom stereocenters. The van der Waals surface area contributed by atoms with Gasteiger partial charge in [0.25, 0.3) is 5.91 Å². The van der Waals surface area contributed by atoms with E-state index in [9.17, 15) is 9.59 Å². The molecular formula is C14H16BrNO3. The minimum Gasteiger partial charge on any atom is -0.481 e. The van der Waals surface area contributed by atoms with Crippen molar-refractivity contribution in [3.05, 3.63) is 33.8 Å². The quantitative estimate of drug-likeness (QED) is 0.874. The number of hydrogen-bond donors (Lipinski definition) is 2. The number of rotatable bonds is 5. The Morgan fingerprint density at radius 1 is 1.47 bits per heavy atom. The summed E-state index contributed by atoms with van der Waals surface area (Å²) in [6, 6.07) is 5.17. The van der Waals surface area contributed by atoms with Gasteiger partial charge in [0.15, 0.2) is 0 Å². The third-order valence-corrected chi connectivity index (χ3v) is 4.27.